The van der Waals surface area contributed by atoms with Gasteiger partial charge in [0, 0.05) is 12.2 Å². The molecule has 5 nitrogen and oxygen atoms in total. The summed E-state index contributed by atoms with van der Waals surface area (Å²) in [5.74, 6) is 1.74. The maximum atomic E-state index is 12.9. The molecule has 3 atom stereocenters. The first-order chi connectivity index (χ1) is 10.6. The Balaban J connectivity index is 1.85. The van der Waals surface area contributed by atoms with E-state index in [1.165, 1.54) is 6.42 Å². The lowest BCUT2D eigenvalue weighted by atomic mass is 10.0. The molecule has 5 heteroatoms. The van der Waals surface area contributed by atoms with Gasteiger partial charge in [0.15, 0.2) is 11.4 Å². The number of amides is 1. The van der Waals surface area contributed by atoms with Crippen molar-refractivity contribution < 1.29 is 14.6 Å². The Bertz CT molecular complexity index is 561. The largest absolute Gasteiger partial charge is 0.491 e. The summed E-state index contributed by atoms with van der Waals surface area (Å²) in [6.45, 7) is 5.22. The van der Waals surface area contributed by atoms with E-state index < -0.39 is 0 Å². The molecule has 2 heterocycles. The van der Waals surface area contributed by atoms with Crippen LogP contribution in [0.25, 0.3) is 0 Å². The molecule has 2 fully saturated rings. The maximum Gasteiger partial charge on any atom is 0.276 e. The highest BCUT2D eigenvalue weighted by Crippen LogP contribution is 2.47. The lowest BCUT2D eigenvalue weighted by molar-refractivity contribution is 0.0476. The van der Waals surface area contributed by atoms with Crippen LogP contribution in [0.2, 0.25) is 0 Å². The fraction of sp³-hybridized carbons (Fsp3) is 0.647. The van der Waals surface area contributed by atoms with Crippen molar-refractivity contribution in [2.75, 3.05) is 19.8 Å². The van der Waals surface area contributed by atoms with Gasteiger partial charge in [0.1, 0.15) is 0 Å². The average molecular weight is 304 g/mol. The molecule has 0 bridgehead atoms. The number of likely N-dealkylation sites (tertiary alicyclic amines) is 1. The van der Waals surface area contributed by atoms with Gasteiger partial charge in [-0.3, -0.25) is 4.79 Å². The minimum atomic E-state index is -0.112. The van der Waals surface area contributed by atoms with Gasteiger partial charge in [0.25, 0.3) is 5.91 Å². The van der Waals surface area contributed by atoms with E-state index in [0.717, 1.165) is 25.1 Å². The highest BCUT2D eigenvalue weighted by atomic mass is 16.5. The Labute approximate surface area is 131 Å². The van der Waals surface area contributed by atoms with Gasteiger partial charge < -0.3 is 14.7 Å². The number of carbonyl (C=O) groups excluding carboxylic acids is 1. The fourth-order valence-corrected chi connectivity index (χ4v) is 3.28. The van der Waals surface area contributed by atoms with Crippen molar-refractivity contribution in [1.29, 1.82) is 0 Å². The van der Waals surface area contributed by atoms with Crippen molar-refractivity contribution in [1.82, 2.24) is 9.88 Å². The van der Waals surface area contributed by atoms with Crippen LogP contribution in [0.1, 0.15) is 42.4 Å². The number of fused-ring (bicyclic) bond motifs is 1. The fourth-order valence-electron chi connectivity index (χ4n) is 3.28. The summed E-state index contributed by atoms with van der Waals surface area (Å²) in [4.78, 5) is 19.2. The molecule has 3 rings (SSSR count). The molecule has 1 N–H and O–H groups in total. The maximum absolute atomic E-state index is 12.9. The highest BCUT2D eigenvalue weighted by Gasteiger charge is 2.47. The molecule has 0 radical (unpaired) electrons. The van der Waals surface area contributed by atoms with E-state index >= 15 is 0 Å². The molecule has 1 aromatic rings. The molecule has 1 aliphatic carbocycles. The van der Waals surface area contributed by atoms with Crippen molar-refractivity contribution in [3.8, 4) is 5.75 Å². The number of aliphatic hydroxyl groups excluding tert-OH is 1. The highest BCUT2D eigenvalue weighted by molar-refractivity contribution is 5.95. The van der Waals surface area contributed by atoms with Crippen LogP contribution in [0.5, 0.6) is 5.75 Å². The summed E-state index contributed by atoms with van der Waals surface area (Å²) in [6, 6.07) is 3.60. The zero-order valence-corrected chi connectivity index (χ0v) is 13.3. The van der Waals surface area contributed by atoms with E-state index in [4.69, 9.17) is 4.74 Å². The predicted molar refractivity (Wildman–Crippen MR) is 82.9 cm³/mol. The first kappa shape index (κ1) is 15.3. The van der Waals surface area contributed by atoms with Crippen molar-refractivity contribution in [2.45, 2.75) is 39.2 Å². The van der Waals surface area contributed by atoms with Gasteiger partial charge in [0.2, 0.25) is 0 Å². The molecular formula is C17H24N2O3. The lowest BCUT2D eigenvalue weighted by Gasteiger charge is -2.34. The first-order valence-electron chi connectivity index (χ1n) is 8.16. The number of hydrogen-bond acceptors (Lipinski definition) is 4. The summed E-state index contributed by atoms with van der Waals surface area (Å²) >= 11 is 0. The van der Waals surface area contributed by atoms with E-state index in [9.17, 15) is 9.90 Å². The monoisotopic (exact) mass is 304 g/mol. The number of ether oxygens (including phenoxy) is 1. The van der Waals surface area contributed by atoms with Gasteiger partial charge in [0.05, 0.1) is 19.3 Å². The van der Waals surface area contributed by atoms with Gasteiger partial charge >= 0.3 is 0 Å². The second kappa shape index (κ2) is 6.24. The molecule has 0 unspecified atom stereocenters. The number of aromatic nitrogens is 1. The normalized spacial score (nSPS) is 26.5. The SMILES string of the molecule is CCCOc1ccc(C)nc1C(=O)N1C[C@@H]2C[C@@H]2C[C@H]1CO. The standard InChI is InChI=1S/C17H24N2O3/c1-3-6-22-15-5-4-11(2)18-16(15)17(21)19-9-13-7-12(13)8-14(19)10-20/h4-5,12-14,20H,3,6-10H2,1-2H3/t12-,13+,14+/m1/s1. The van der Waals surface area contributed by atoms with Crippen molar-refractivity contribution in [3.63, 3.8) is 0 Å². The van der Waals surface area contributed by atoms with Crippen LogP contribution >= 0.6 is 0 Å². The Morgan fingerprint density at radius 1 is 1.41 bits per heavy atom. The van der Waals surface area contributed by atoms with Crippen molar-refractivity contribution >= 4 is 5.91 Å². The van der Waals surface area contributed by atoms with Gasteiger partial charge in [-0.1, -0.05) is 6.92 Å². The molecular weight excluding hydrogens is 280 g/mol. The van der Waals surface area contributed by atoms with Crippen LogP contribution in [0, 0.1) is 18.8 Å². The lowest BCUT2D eigenvalue weighted by Crippen LogP contribution is -2.47. The first-order valence-corrected chi connectivity index (χ1v) is 8.16. The Morgan fingerprint density at radius 3 is 2.95 bits per heavy atom. The number of pyridine rings is 1. The molecule has 1 saturated heterocycles. The molecule has 22 heavy (non-hydrogen) atoms. The number of rotatable bonds is 5. The van der Waals surface area contributed by atoms with E-state index in [-0.39, 0.29) is 18.6 Å². The average Bonchev–Trinajstić information content (AvgIpc) is 3.30. The van der Waals surface area contributed by atoms with Crippen molar-refractivity contribution in [2.24, 2.45) is 11.8 Å². The zero-order chi connectivity index (χ0) is 15.7. The molecule has 120 valence electrons. The quantitative estimate of drug-likeness (QED) is 0.904. The Hall–Kier alpha value is -1.62. The molecule has 1 aromatic heterocycles. The van der Waals surface area contributed by atoms with Crippen molar-refractivity contribution in [3.05, 3.63) is 23.5 Å². The third kappa shape index (κ3) is 2.95. The Kier molecular flexibility index (Phi) is 4.34. The van der Waals surface area contributed by atoms with Gasteiger partial charge in [-0.2, -0.15) is 0 Å². The predicted octanol–water partition coefficient (Wildman–Crippen LogP) is 2.02. The molecule has 0 aromatic carbocycles. The van der Waals surface area contributed by atoms with Gasteiger partial charge in [-0.05, 0) is 50.2 Å². The van der Waals surface area contributed by atoms with Gasteiger partial charge in [-0.15, -0.1) is 0 Å². The molecule has 1 saturated carbocycles. The third-order valence-electron chi connectivity index (χ3n) is 4.65. The minimum absolute atomic E-state index is 0.0198. The molecule has 1 aliphatic heterocycles. The summed E-state index contributed by atoms with van der Waals surface area (Å²) < 4.78 is 5.69. The second-order valence-corrected chi connectivity index (χ2v) is 6.43. The van der Waals surface area contributed by atoms with E-state index in [0.29, 0.717) is 29.9 Å². The van der Waals surface area contributed by atoms with Crippen LogP contribution in [0.3, 0.4) is 0 Å². The number of aliphatic hydroxyl groups is 1. The van der Waals surface area contributed by atoms with Crippen LogP contribution in [0.4, 0.5) is 0 Å². The van der Waals surface area contributed by atoms with E-state index in [1.807, 2.05) is 26.0 Å². The summed E-state index contributed by atoms with van der Waals surface area (Å²) in [6.07, 6.45) is 2.97. The number of nitrogens with zero attached hydrogens (tertiary/aromatic N) is 2. The smallest absolute Gasteiger partial charge is 0.276 e. The summed E-state index contributed by atoms with van der Waals surface area (Å²) in [5.41, 5.74) is 1.18. The third-order valence-corrected chi connectivity index (χ3v) is 4.65. The topological polar surface area (TPSA) is 62.7 Å². The van der Waals surface area contributed by atoms with Crippen LogP contribution in [0.15, 0.2) is 12.1 Å². The Morgan fingerprint density at radius 2 is 2.23 bits per heavy atom. The minimum Gasteiger partial charge on any atom is -0.491 e. The van der Waals surface area contributed by atoms with E-state index in [1.54, 1.807) is 4.90 Å². The van der Waals surface area contributed by atoms with E-state index in [2.05, 4.69) is 4.98 Å². The van der Waals surface area contributed by atoms with Crippen LogP contribution < -0.4 is 4.74 Å². The second-order valence-electron chi connectivity index (χ2n) is 6.43. The summed E-state index contributed by atoms with van der Waals surface area (Å²) in [5, 5.41) is 9.61. The molecule has 1 amide bonds. The van der Waals surface area contributed by atoms with Crippen LogP contribution in [-0.2, 0) is 0 Å². The number of carbonyl (C=O) groups is 1. The number of piperidine rings is 1. The van der Waals surface area contributed by atoms with Crippen LogP contribution in [-0.4, -0.2) is 46.7 Å². The zero-order valence-electron chi connectivity index (χ0n) is 13.3. The summed E-state index contributed by atoms with van der Waals surface area (Å²) in [7, 11) is 0. The number of hydrogen-bond donors (Lipinski definition) is 1. The molecule has 0 spiro atoms. The number of aryl methyl sites for hydroxylation is 1. The molecule has 2 aliphatic rings. The van der Waals surface area contributed by atoms with Gasteiger partial charge in [-0.25, -0.2) is 4.98 Å².